The molecule has 8 heavy (non-hydrogen) atoms. The second-order valence-electron chi connectivity index (χ2n) is 0.860. The standard InChI is InChI=1S/CF3O2S.Rh/c2-1(3,4)7(5)6;. The van der Waals surface area contributed by atoms with E-state index < -0.39 is 13.3 Å². The fraction of sp³-hybridized carbons (Fsp3) is 1.00. The Balaban J connectivity index is 4.53. The van der Waals surface area contributed by atoms with Gasteiger partial charge in [0.1, 0.15) is 0 Å². The van der Waals surface area contributed by atoms with Gasteiger partial charge in [-0.3, -0.25) is 0 Å². The Kier molecular flexibility index (Phi) is 2.04. The van der Waals surface area contributed by atoms with Gasteiger partial charge in [-0.2, -0.15) is 0 Å². The summed E-state index contributed by atoms with van der Waals surface area (Å²) >= 11 is 0.897. The number of rotatable bonds is 0. The molecule has 0 unspecified atom stereocenters. The van der Waals surface area contributed by atoms with Crippen molar-refractivity contribution in [1.29, 1.82) is 0 Å². The topological polar surface area (TPSA) is 34.1 Å². The van der Waals surface area contributed by atoms with Crippen molar-refractivity contribution in [2.45, 2.75) is 5.51 Å². The Bertz CT molecular complexity index is 166. The van der Waals surface area contributed by atoms with E-state index in [1.54, 1.807) is 0 Å². The van der Waals surface area contributed by atoms with Crippen LogP contribution in [0.2, 0.25) is 0 Å². The third-order valence-electron chi connectivity index (χ3n) is 0.266. The van der Waals surface area contributed by atoms with E-state index in [1.807, 2.05) is 0 Å². The number of hydrogen-bond acceptors (Lipinski definition) is 2. The summed E-state index contributed by atoms with van der Waals surface area (Å²) in [4.78, 5) is 0. The monoisotopic (exact) mass is 236 g/mol. The normalized spacial score (nSPS) is 14.1. The average molecular weight is 236 g/mol. The minimum atomic E-state index is -5.14. The predicted molar refractivity (Wildman–Crippen MR) is 15.0 cm³/mol. The first kappa shape index (κ1) is 8.36. The molecule has 2 nitrogen and oxygen atoms in total. The van der Waals surface area contributed by atoms with Crippen LogP contribution in [0.1, 0.15) is 0 Å². The molecule has 7 heteroatoms. The molecule has 0 aliphatic carbocycles. The van der Waals surface area contributed by atoms with Crippen molar-refractivity contribution < 1.29 is 38.7 Å². The van der Waals surface area contributed by atoms with Crippen molar-refractivity contribution in [3.05, 3.63) is 0 Å². The SMILES string of the molecule is O=[S](=O)([Rh])C(F)(F)F. The molecule has 0 aromatic rings. The molecule has 0 rings (SSSR count). The maximum atomic E-state index is 10.9. The Morgan fingerprint density at radius 3 is 1.38 bits per heavy atom. The molecule has 0 aromatic carbocycles. The summed E-state index contributed by atoms with van der Waals surface area (Å²) in [5.41, 5.74) is -5.14. The zero-order chi connectivity index (χ0) is 7.00. The predicted octanol–water partition coefficient (Wildman–Crippen LogP) is 0.383. The summed E-state index contributed by atoms with van der Waals surface area (Å²) in [6.07, 6.45) is 0. The summed E-state index contributed by atoms with van der Waals surface area (Å²) in [7, 11) is -4.95. The molecule has 0 bridgehead atoms. The molecule has 0 N–H and O–H groups in total. The van der Waals surface area contributed by atoms with Gasteiger partial charge < -0.3 is 0 Å². The summed E-state index contributed by atoms with van der Waals surface area (Å²) < 4.78 is 51.8. The van der Waals surface area contributed by atoms with Crippen LogP contribution in [0, 0.1) is 0 Å². The average Bonchev–Trinajstić information content (AvgIpc) is 1.25. The van der Waals surface area contributed by atoms with Crippen LogP contribution in [0.3, 0.4) is 0 Å². The first-order chi connectivity index (χ1) is 3.25. The maximum absolute atomic E-state index is 10.9. The number of alkyl halides is 3. The fourth-order valence-electron chi connectivity index (χ4n) is 0. The van der Waals surface area contributed by atoms with E-state index in [1.165, 1.54) is 0 Å². The van der Waals surface area contributed by atoms with Crippen molar-refractivity contribution in [2.75, 3.05) is 0 Å². The summed E-state index contributed by atoms with van der Waals surface area (Å²) in [6.45, 7) is 0. The van der Waals surface area contributed by atoms with E-state index >= 15 is 0 Å². The van der Waals surface area contributed by atoms with Gasteiger partial charge in [0.25, 0.3) is 0 Å². The summed E-state index contributed by atoms with van der Waals surface area (Å²) in [5.74, 6) is 0. The van der Waals surface area contributed by atoms with Crippen molar-refractivity contribution >= 4 is 7.83 Å². The van der Waals surface area contributed by atoms with Gasteiger partial charge in [-0.1, -0.05) is 0 Å². The van der Waals surface area contributed by atoms with Crippen molar-refractivity contribution in [3.63, 3.8) is 0 Å². The van der Waals surface area contributed by atoms with E-state index in [0.29, 0.717) is 0 Å². The fourth-order valence-corrected chi connectivity index (χ4v) is 0. The van der Waals surface area contributed by atoms with Gasteiger partial charge in [-0.25, -0.2) is 0 Å². The van der Waals surface area contributed by atoms with Crippen molar-refractivity contribution in [1.82, 2.24) is 0 Å². The van der Waals surface area contributed by atoms with Crippen LogP contribution in [-0.4, -0.2) is 13.9 Å². The Morgan fingerprint density at radius 1 is 1.25 bits per heavy atom. The second-order valence-corrected chi connectivity index (χ2v) is 4.79. The molecule has 0 spiro atoms. The molecule has 0 aliphatic rings. The van der Waals surface area contributed by atoms with E-state index in [0.717, 1.165) is 17.1 Å². The summed E-state index contributed by atoms with van der Waals surface area (Å²) in [6, 6.07) is 0. The first-order valence-electron chi connectivity index (χ1n) is 1.24. The van der Waals surface area contributed by atoms with Gasteiger partial charge in [0, 0.05) is 0 Å². The first-order valence-corrected chi connectivity index (χ1v) is 4.59. The van der Waals surface area contributed by atoms with Gasteiger partial charge in [0.15, 0.2) is 0 Å². The molecule has 0 heterocycles. The van der Waals surface area contributed by atoms with Gasteiger partial charge in [-0.15, -0.1) is 0 Å². The zero-order valence-electron chi connectivity index (χ0n) is 3.19. The molecule has 0 aromatic heterocycles. The van der Waals surface area contributed by atoms with Gasteiger partial charge in [0.2, 0.25) is 0 Å². The van der Waals surface area contributed by atoms with Crippen LogP contribution < -0.4 is 0 Å². The van der Waals surface area contributed by atoms with E-state index in [4.69, 9.17) is 0 Å². The minimum absolute atomic E-state index is 0.897. The van der Waals surface area contributed by atoms with Crippen LogP contribution in [-0.2, 0) is 24.9 Å². The molecule has 0 aliphatic heterocycles. The number of halogens is 3. The third-order valence-corrected chi connectivity index (χ3v) is 1.94. The Labute approximate surface area is 52.5 Å². The molecule has 0 saturated heterocycles. The molecule has 0 amide bonds. The Morgan fingerprint density at radius 2 is 1.38 bits per heavy atom. The molecule has 52 valence electrons. The van der Waals surface area contributed by atoms with E-state index in [-0.39, 0.29) is 0 Å². The van der Waals surface area contributed by atoms with Gasteiger partial charge in [0.05, 0.1) is 0 Å². The van der Waals surface area contributed by atoms with Crippen LogP contribution >= 0.6 is 0 Å². The molecular weight excluding hydrogens is 236 g/mol. The quantitative estimate of drug-likeness (QED) is 0.570. The molecule has 0 atom stereocenters. The van der Waals surface area contributed by atoms with Gasteiger partial charge in [-0.05, 0) is 0 Å². The zero-order valence-corrected chi connectivity index (χ0v) is 5.65. The molecule has 0 saturated carbocycles. The number of hydrogen-bond donors (Lipinski definition) is 0. The molecule has 0 fully saturated rings. The van der Waals surface area contributed by atoms with Crippen LogP contribution in [0.4, 0.5) is 13.2 Å². The third kappa shape index (κ3) is 2.09. The van der Waals surface area contributed by atoms with Crippen LogP contribution in [0.5, 0.6) is 0 Å². The molecule has 0 radical (unpaired) electrons. The van der Waals surface area contributed by atoms with Crippen LogP contribution in [0.15, 0.2) is 0 Å². The van der Waals surface area contributed by atoms with Crippen molar-refractivity contribution in [3.8, 4) is 0 Å². The van der Waals surface area contributed by atoms with Crippen molar-refractivity contribution in [2.24, 2.45) is 0 Å². The van der Waals surface area contributed by atoms with E-state index in [2.05, 4.69) is 0 Å². The summed E-state index contributed by atoms with van der Waals surface area (Å²) in [5, 5.41) is 0. The van der Waals surface area contributed by atoms with E-state index in [9.17, 15) is 21.6 Å². The molecular formula is CF3O2RhS. The second kappa shape index (κ2) is 1.95. The Hall–Kier alpha value is 0.363. The van der Waals surface area contributed by atoms with Gasteiger partial charge >= 0.3 is 52.0 Å². The van der Waals surface area contributed by atoms with Crippen LogP contribution in [0.25, 0.3) is 0 Å².